The zero-order valence-corrected chi connectivity index (χ0v) is 36.9. The van der Waals surface area contributed by atoms with Crippen LogP contribution in [0.15, 0.2) is 72.8 Å². The van der Waals surface area contributed by atoms with Crippen molar-refractivity contribution in [3.05, 3.63) is 89.7 Å². The molecule has 0 fully saturated rings. The monoisotopic (exact) mass is 882 g/mol. The minimum Gasteiger partial charge on any atom is -0.468 e. The van der Waals surface area contributed by atoms with E-state index >= 15 is 0 Å². The highest BCUT2D eigenvalue weighted by atomic mass is 31.2. The summed E-state index contributed by atoms with van der Waals surface area (Å²) in [4.78, 5) is 66.6. The van der Waals surface area contributed by atoms with Crippen molar-refractivity contribution < 1.29 is 51.7 Å². The fourth-order valence-electron chi connectivity index (χ4n) is 5.91. The molecule has 0 amide bonds. The number of hydrogen-bond acceptors (Lipinski definition) is 17. The molecule has 3 heterocycles. The SMILES string of the molecule is COC(=O)CN(CC(=O)OC)Cc1cccc(-c2cc(-c3ccc(C#CCCCCOP(C)(=O)OCCC#N)cc3)cc(-c3cccc(CN(CC(=O)OC)CC(=O)OC)n3)n2)n1. The normalized spacial score (nSPS) is 11.8. The smallest absolute Gasteiger partial charge is 0.327 e. The molecule has 332 valence electrons. The number of nitriles is 1. The zero-order valence-electron chi connectivity index (χ0n) is 36.0. The van der Waals surface area contributed by atoms with E-state index in [2.05, 4.69) is 11.8 Å². The molecular formula is C45H51N6O11P. The van der Waals surface area contributed by atoms with Gasteiger partial charge in [0.15, 0.2) is 0 Å². The van der Waals surface area contributed by atoms with E-state index in [9.17, 15) is 23.7 Å². The number of ether oxygens (including phenoxy) is 4. The molecule has 0 N–H and O–H groups in total. The molecule has 0 aliphatic heterocycles. The first-order valence-corrected chi connectivity index (χ1v) is 21.8. The maximum atomic E-state index is 12.3. The van der Waals surface area contributed by atoms with E-state index in [-0.39, 0.29) is 58.9 Å². The van der Waals surface area contributed by atoms with Crippen LogP contribution >= 0.6 is 7.60 Å². The summed E-state index contributed by atoms with van der Waals surface area (Å²) in [6.07, 6.45) is 2.13. The second-order valence-electron chi connectivity index (χ2n) is 13.9. The molecule has 4 aromatic rings. The molecule has 1 atom stereocenters. The van der Waals surface area contributed by atoms with E-state index in [1.807, 2.05) is 66.7 Å². The standard InChI is InChI=1S/C45H51N6O11P/c1-57-42(52)29-50(30-43(53)58-2)27-36-14-10-16-38(47-36)40-25-35(34-20-18-33(19-21-34)13-8-6-7-9-23-61-63(5,56)62-24-12-22-46)26-41(49-40)39-17-11-15-37(48-39)28-51(31-44(54)59-3)32-45(55)60-4/h10-11,14-21,25-26H,6-7,9,12,23-24,27-32H2,1-5H3. The number of carbonyl (C=O) groups is 4. The summed E-state index contributed by atoms with van der Waals surface area (Å²) in [7, 11) is 1.89. The van der Waals surface area contributed by atoms with Crippen LogP contribution in [0.4, 0.5) is 0 Å². The molecule has 1 unspecified atom stereocenters. The van der Waals surface area contributed by atoms with E-state index < -0.39 is 31.5 Å². The summed E-state index contributed by atoms with van der Waals surface area (Å²) in [5.74, 6) is 4.28. The molecule has 0 spiro atoms. The molecule has 0 saturated heterocycles. The van der Waals surface area contributed by atoms with E-state index in [0.29, 0.717) is 47.0 Å². The first-order valence-electron chi connectivity index (χ1n) is 19.8. The van der Waals surface area contributed by atoms with E-state index in [4.69, 9.17) is 48.2 Å². The summed E-state index contributed by atoms with van der Waals surface area (Å²) in [6, 6.07) is 24.3. The lowest BCUT2D eigenvalue weighted by atomic mass is 10.0. The van der Waals surface area contributed by atoms with E-state index in [1.165, 1.54) is 35.1 Å². The van der Waals surface area contributed by atoms with Gasteiger partial charge in [-0.05, 0) is 72.5 Å². The number of pyridine rings is 3. The Bertz CT molecular complexity index is 2200. The third-order valence-corrected chi connectivity index (χ3v) is 10.4. The van der Waals surface area contributed by atoms with Gasteiger partial charge in [-0.2, -0.15) is 5.26 Å². The number of rotatable bonds is 23. The van der Waals surface area contributed by atoms with Crippen molar-refractivity contribution in [2.75, 3.05) is 74.5 Å². The molecule has 4 rings (SSSR count). The Hall–Kier alpha value is -6.33. The van der Waals surface area contributed by atoms with Gasteiger partial charge >= 0.3 is 31.5 Å². The lowest BCUT2D eigenvalue weighted by molar-refractivity contribution is -0.147. The number of carbonyl (C=O) groups excluding carboxylic acids is 4. The van der Waals surface area contributed by atoms with Crippen molar-refractivity contribution in [1.29, 1.82) is 5.26 Å². The number of methoxy groups -OCH3 is 4. The first kappa shape index (κ1) is 49.3. The van der Waals surface area contributed by atoms with Crippen molar-refractivity contribution in [3.63, 3.8) is 0 Å². The van der Waals surface area contributed by atoms with Crippen LogP contribution in [0.3, 0.4) is 0 Å². The molecule has 18 heteroatoms. The summed E-state index contributed by atoms with van der Waals surface area (Å²) >= 11 is 0. The summed E-state index contributed by atoms with van der Waals surface area (Å²) in [5.41, 5.74) is 5.67. The maximum absolute atomic E-state index is 12.3. The molecule has 0 aliphatic rings. The highest BCUT2D eigenvalue weighted by Crippen LogP contribution is 2.44. The molecule has 0 saturated carbocycles. The summed E-state index contributed by atoms with van der Waals surface area (Å²) in [6.45, 7) is 1.36. The zero-order chi connectivity index (χ0) is 45.6. The molecule has 17 nitrogen and oxygen atoms in total. The number of esters is 4. The maximum Gasteiger partial charge on any atom is 0.327 e. The Balaban J connectivity index is 1.63. The van der Waals surface area contributed by atoms with Crippen LogP contribution in [0.5, 0.6) is 0 Å². The molecule has 63 heavy (non-hydrogen) atoms. The third-order valence-electron chi connectivity index (χ3n) is 9.07. The number of nitrogens with zero attached hydrogens (tertiary/aromatic N) is 6. The van der Waals surface area contributed by atoms with Crippen molar-refractivity contribution in [2.45, 2.75) is 38.8 Å². The second-order valence-corrected chi connectivity index (χ2v) is 16.0. The van der Waals surface area contributed by atoms with Crippen LogP contribution in [0.2, 0.25) is 0 Å². The van der Waals surface area contributed by atoms with Crippen molar-refractivity contribution in [1.82, 2.24) is 24.8 Å². The number of hydrogen-bond donors (Lipinski definition) is 0. The fraction of sp³-hybridized carbons (Fsp3) is 0.378. The Morgan fingerprint density at radius 2 is 1.08 bits per heavy atom. The minimum absolute atomic E-state index is 0.0650. The highest BCUT2D eigenvalue weighted by molar-refractivity contribution is 7.52. The van der Waals surface area contributed by atoms with Gasteiger partial charge in [0.05, 0.1) is 114 Å². The predicted molar refractivity (Wildman–Crippen MR) is 231 cm³/mol. The van der Waals surface area contributed by atoms with Gasteiger partial charge in [0, 0.05) is 31.7 Å². The van der Waals surface area contributed by atoms with Crippen LogP contribution < -0.4 is 0 Å². The van der Waals surface area contributed by atoms with Gasteiger partial charge in [0.25, 0.3) is 0 Å². The molecule has 0 bridgehead atoms. The van der Waals surface area contributed by atoms with Crippen LogP contribution in [-0.2, 0) is 64.8 Å². The predicted octanol–water partition coefficient (Wildman–Crippen LogP) is 5.46. The van der Waals surface area contributed by atoms with Crippen LogP contribution in [-0.4, -0.2) is 123 Å². The van der Waals surface area contributed by atoms with Crippen LogP contribution in [0, 0.1) is 23.2 Å². The quantitative estimate of drug-likeness (QED) is 0.0298. The minimum atomic E-state index is -3.19. The van der Waals surface area contributed by atoms with Gasteiger partial charge in [0.2, 0.25) is 0 Å². The van der Waals surface area contributed by atoms with Gasteiger partial charge in [-0.15, -0.1) is 0 Å². The second kappa shape index (κ2) is 25.6. The summed E-state index contributed by atoms with van der Waals surface area (Å²) < 4.78 is 42.1. The summed E-state index contributed by atoms with van der Waals surface area (Å²) in [5, 5.41) is 8.63. The molecule has 3 aromatic heterocycles. The first-order chi connectivity index (χ1) is 30.3. The lowest BCUT2D eigenvalue weighted by Crippen LogP contribution is -2.35. The van der Waals surface area contributed by atoms with Gasteiger partial charge in [0.1, 0.15) is 0 Å². The molecule has 1 aromatic carbocycles. The van der Waals surface area contributed by atoms with E-state index in [0.717, 1.165) is 23.1 Å². The van der Waals surface area contributed by atoms with Crippen molar-refractivity contribution in [2.24, 2.45) is 0 Å². The molecule has 0 radical (unpaired) electrons. The Kier molecular flexibility index (Phi) is 20.0. The highest BCUT2D eigenvalue weighted by Gasteiger charge is 2.20. The molecular weight excluding hydrogens is 831 g/mol. The van der Waals surface area contributed by atoms with E-state index in [1.54, 1.807) is 21.9 Å². The number of aromatic nitrogens is 3. The fourth-order valence-corrected chi connectivity index (χ4v) is 6.87. The van der Waals surface area contributed by atoms with Crippen LogP contribution in [0.1, 0.15) is 42.6 Å². The van der Waals surface area contributed by atoms with Gasteiger partial charge in [-0.1, -0.05) is 36.1 Å². The van der Waals surface area contributed by atoms with Crippen molar-refractivity contribution >= 4 is 31.5 Å². The lowest BCUT2D eigenvalue weighted by Gasteiger charge is -2.20. The van der Waals surface area contributed by atoms with Crippen molar-refractivity contribution in [3.8, 4) is 51.8 Å². The Morgan fingerprint density at radius 3 is 1.54 bits per heavy atom. The number of benzene rings is 1. The topological polar surface area (TPSA) is 210 Å². The molecule has 0 aliphatic carbocycles. The Labute approximate surface area is 367 Å². The van der Waals surface area contributed by atoms with Gasteiger partial charge in [-0.25, -0.2) is 15.0 Å². The van der Waals surface area contributed by atoms with Gasteiger partial charge in [-0.3, -0.25) is 33.5 Å². The third kappa shape index (κ3) is 17.2. The Morgan fingerprint density at radius 1 is 0.603 bits per heavy atom. The largest absolute Gasteiger partial charge is 0.468 e. The van der Waals surface area contributed by atoms with Crippen LogP contribution in [0.25, 0.3) is 33.9 Å². The van der Waals surface area contributed by atoms with Gasteiger partial charge < -0.3 is 28.0 Å². The average Bonchev–Trinajstić information content (AvgIpc) is 3.28. The number of unbranched alkanes of at least 4 members (excludes halogenated alkanes) is 2. The average molecular weight is 883 g/mol.